The van der Waals surface area contributed by atoms with Crippen LogP contribution < -0.4 is 10.9 Å². The third-order valence-electron chi connectivity index (χ3n) is 5.55. The van der Waals surface area contributed by atoms with Gasteiger partial charge in [-0.15, -0.1) is 0 Å². The van der Waals surface area contributed by atoms with Crippen LogP contribution in [0, 0.1) is 6.92 Å². The summed E-state index contributed by atoms with van der Waals surface area (Å²) in [6, 6.07) is 8.07. The Kier molecular flexibility index (Phi) is 4.29. The van der Waals surface area contributed by atoms with Crippen molar-refractivity contribution in [3.63, 3.8) is 0 Å². The lowest BCUT2D eigenvalue weighted by Crippen LogP contribution is -2.48. The van der Waals surface area contributed by atoms with Crippen LogP contribution in [0.1, 0.15) is 31.4 Å². The van der Waals surface area contributed by atoms with E-state index < -0.39 is 0 Å². The fourth-order valence-corrected chi connectivity index (χ4v) is 4.32. The highest BCUT2D eigenvalue weighted by atomic mass is 16.2. The second-order valence-electron chi connectivity index (χ2n) is 7.16. The van der Waals surface area contributed by atoms with Gasteiger partial charge < -0.3 is 5.32 Å². The van der Waals surface area contributed by atoms with E-state index in [0.717, 1.165) is 37.0 Å². The van der Waals surface area contributed by atoms with Gasteiger partial charge in [-0.05, 0) is 38.8 Å². The fourth-order valence-electron chi connectivity index (χ4n) is 4.32. The Morgan fingerprint density at radius 2 is 2.00 bits per heavy atom. The maximum absolute atomic E-state index is 12.6. The molecule has 6 nitrogen and oxygen atoms in total. The van der Waals surface area contributed by atoms with Crippen LogP contribution >= 0.6 is 0 Å². The Morgan fingerprint density at radius 1 is 1.20 bits per heavy atom. The summed E-state index contributed by atoms with van der Waals surface area (Å²) < 4.78 is 1.29. The molecule has 1 aromatic heterocycles. The van der Waals surface area contributed by atoms with Gasteiger partial charge in [-0.2, -0.15) is 5.10 Å². The molecule has 2 aliphatic heterocycles. The standard InChI is InChI=1S/C19H24N4O2/c1-13-14-6-2-3-7-15(14)19(25)23(21-13)12-18(24)20-16-9-11-22-10-5-4-8-17(16)22/h2-3,6-7,16-17H,4-5,8-12H2,1H3,(H,20,24)/t16-,17-/m0/s1. The van der Waals surface area contributed by atoms with E-state index in [-0.39, 0.29) is 24.1 Å². The van der Waals surface area contributed by atoms with Gasteiger partial charge in [-0.3, -0.25) is 14.5 Å². The number of fused-ring (bicyclic) bond motifs is 2. The van der Waals surface area contributed by atoms with Gasteiger partial charge in [-0.25, -0.2) is 4.68 Å². The van der Waals surface area contributed by atoms with Crippen LogP contribution in [-0.4, -0.2) is 45.8 Å². The van der Waals surface area contributed by atoms with E-state index in [1.54, 1.807) is 6.07 Å². The first-order valence-corrected chi connectivity index (χ1v) is 9.13. The SMILES string of the molecule is Cc1nn(CC(=O)N[C@H]2CCN3CCCC[C@@H]23)c(=O)c2ccccc12. The molecule has 2 saturated heterocycles. The van der Waals surface area contributed by atoms with E-state index >= 15 is 0 Å². The second kappa shape index (κ2) is 6.59. The van der Waals surface area contributed by atoms with Crippen molar-refractivity contribution in [1.29, 1.82) is 0 Å². The van der Waals surface area contributed by atoms with Gasteiger partial charge in [0.15, 0.2) is 0 Å². The van der Waals surface area contributed by atoms with Gasteiger partial charge in [0.1, 0.15) is 6.54 Å². The van der Waals surface area contributed by atoms with Gasteiger partial charge in [0.05, 0.1) is 11.1 Å². The van der Waals surface area contributed by atoms with Crippen molar-refractivity contribution in [1.82, 2.24) is 20.0 Å². The highest BCUT2D eigenvalue weighted by molar-refractivity contribution is 5.83. The van der Waals surface area contributed by atoms with E-state index in [0.29, 0.717) is 11.4 Å². The van der Waals surface area contributed by atoms with Crippen molar-refractivity contribution in [3.05, 3.63) is 40.3 Å². The number of hydrogen-bond donors (Lipinski definition) is 1. The van der Waals surface area contributed by atoms with Crippen molar-refractivity contribution in [2.75, 3.05) is 13.1 Å². The van der Waals surface area contributed by atoms with E-state index in [1.165, 1.54) is 17.5 Å². The van der Waals surface area contributed by atoms with Crippen LogP contribution in [0.2, 0.25) is 0 Å². The number of nitrogens with zero attached hydrogens (tertiary/aromatic N) is 3. The van der Waals surface area contributed by atoms with Crippen LogP contribution in [0.5, 0.6) is 0 Å². The number of carbonyl (C=O) groups excluding carboxylic acids is 1. The Balaban J connectivity index is 1.50. The molecule has 1 amide bonds. The van der Waals surface area contributed by atoms with Gasteiger partial charge in [0, 0.05) is 24.0 Å². The number of aromatic nitrogens is 2. The first-order valence-electron chi connectivity index (χ1n) is 9.13. The molecule has 0 aliphatic carbocycles. The molecule has 0 unspecified atom stereocenters. The zero-order chi connectivity index (χ0) is 17.4. The lowest BCUT2D eigenvalue weighted by Gasteiger charge is -2.32. The summed E-state index contributed by atoms with van der Waals surface area (Å²) in [5.74, 6) is -0.123. The molecular weight excluding hydrogens is 316 g/mol. The Morgan fingerprint density at radius 3 is 2.84 bits per heavy atom. The van der Waals surface area contributed by atoms with Crippen LogP contribution in [-0.2, 0) is 11.3 Å². The monoisotopic (exact) mass is 340 g/mol. The molecule has 1 N–H and O–H groups in total. The average Bonchev–Trinajstić information content (AvgIpc) is 3.02. The van der Waals surface area contributed by atoms with Crippen molar-refractivity contribution >= 4 is 16.7 Å². The summed E-state index contributed by atoms with van der Waals surface area (Å²) in [7, 11) is 0. The quantitative estimate of drug-likeness (QED) is 0.918. The van der Waals surface area contributed by atoms with Crippen LogP contribution in [0.4, 0.5) is 0 Å². The minimum atomic E-state index is -0.206. The maximum Gasteiger partial charge on any atom is 0.275 e. The molecule has 0 radical (unpaired) electrons. The average molecular weight is 340 g/mol. The summed E-state index contributed by atoms with van der Waals surface area (Å²) in [6.45, 7) is 4.05. The number of piperidine rings is 1. The molecule has 132 valence electrons. The van der Waals surface area contributed by atoms with Gasteiger partial charge >= 0.3 is 0 Å². The van der Waals surface area contributed by atoms with Crippen molar-refractivity contribution in [2.24, 2.45) is 0 Å². The maximum atomic E-state index is 12.6. The van der Waals surface area contributed by atoms with Crippen molar-refractivity contribution < 1.29 is 4.79 Å². The normalized spacial score (nSPS) is 23.6. The molecule has 2 aliphatic rings. The Labute approximate surface area is 146 Å². The predicted molar refractivity (Wildman–Crippen MR) is 96.5 cm³/mol. The van der Waals surface area contributed by atoms with Crippen molar-refractivity contribution in [3.8, 4) is 0 Å². The number of aryl methyl sites for hydroxylation is 1. The van der Waals surface area contributed by atoms with E-state index in [4.69, 9.17) is 0 Å². The minimum absolute atomic E-state index is 0.0201. The summed E-state index contributed by atoms with van der Waals surface area (Å²) in [6.07, 6.45) is 4.64. The summed E-state index contributed by atoms with van der Waals surface area (Å²) >= 11 is 0. The number of benzene rings is 1. The smallest absolute Gasteiger partial charge is 0.275 e. The van der Waals surface area contributed by atoms with Gasteiger partial charge in [0.25, 0.3) is 5.56 Å². The third kappa shape index (κ3) is 3.06. The summed E-state index contributed by atoms with van der Waals surface area (Å²) in [4.78, 5) is 27.6. The molecule has 3 heterocycles. The van der Waals surface area contributed by atoms with Gasteiger partial charge in [0.2, 0.25) is 5.91 Å². The number of hydrogen-bond acceptors (Lipinski definition) is 4. The minimum Gasteiger partial charge on any atom is -0.350 e. The van der Waals surface area contributed by atoms with E-state index in [1.807, 2.05) is 25.1 Å². The molecular formula is C19H24N4O2. The molecule has 4 rings (SSSR count). The highest BCUT2D eigenvalue weighted by Gasteiger charge is 2.36. The first kappa shape index (κ1) is 16.3. The highest BCUT2D eigenvalue weighted by Crippen LogP contribution is 2.27. The largest absolute Gasteiger partial charge is 0.350 e. The first-order chi connectivity index (χ1) is 12.1. The molecule has 2 fully saturated rings. The Hall–Kier alpha value is -2.21. The number of carbonyl (C=O) groups is 1. The van der Waals surface area contributed by atoms with Crippen LogP contribution in [0.15, 0.2) is 29.1 Å². The fraction of sp³-hybridized carbons (Fsp3) is 0.526. The molecule has 0 bridgehead atoms. The molecule has 2 atom stereocenters. The van der Waals surface area contributed by atoms with E-state index in [2.05, 4.69) is 15.3 Å². The van der Waals surface area contributed by atoms with E-state index in [9.17, 15) is 9.59 Å². The molecule has 0 saturated carbocycles. The topological polar surface area (TPSA) is 67.2 Å². The summed E-state index contributed by atoms with van der Waals surface area (Å²) in [5, 5.41) is 8.93. The number of nitrogens with one attached hydrogen (secondary N) is 1. The predicted octanol–water partition coefficient (Wildman–Crippen LogP) is 1.45. The van der Waals surface area contributed by atoms with Gasteiger partial charge in [-0.1, -0.05) is 24.6 Å². The van der Waals surface area contributed by atoms with Crippen LogP contribution in [0.25, 0.3) is 10.8 Å². The number of rotatable bonds is 3. The zero-order valence-electron chi connectivity index (χ0n) is 14.6. The molecule has 0 spiro atoms. The second-order valence-corrected chi connectivity index (χ2v) is 7.16. The third-order valence-corrected chi connectivity index (χ3v) is 5.55. The molecule has 2 aromatic rings. The molecule has 1 aromatic carbocycles. The number of amides is 1. The molecule has 6 heteroatoms. The van der Waals surface area contributed by atoms with Crippen molar-refractivity contribution in [2.45, 2.75) is 51.2 Å². The zero-order valence-corrected chi connectivity index (χ0v) is 14.6. The van der Waals surface area contributed by atoms with Crippen LogP contribution in [0.3, 0.4) is 0 Å². The lowest BCUT2D eigenvalue weighted by molar-refractivity contribution is -0.122. The molecule has 25 heavy (non-hydrogen) atoms. The lowest BCUT2D eigenvalue weighted by atomic mass is 9.99. The summed E-state index contributed by atoms with van der Waals surface area (Å²) in [5.41, 5.74) is 0.560. The Bertz CT molecular complexity index is 860.